The number of rotatable bonds is 0. The maximum absolute atomic E-state index is 4.89. The minimum atomic E-state index is 0. The molecule has 2 aromatic rings. The molecule has 0 radical (unpaired) electrons. The molecule has 0 saturated carbocycles. The maximum Gasteiger partial charge on any atom is 1.00 e. The molecule has 50 valence electrons. The van der Waals surface area contributed by atoms with Crippen LogP contribution in [-0.2, 0) is 12.6 Å². The summed E-state index contributed by atoms with van der Waals surface area (Å²) in [5.41, 5.74) is 1.36. The quantitative estimate of drug-likeness (QED) is 0.399. The number of hydrogen-bond donors (Lipinski definition) is 1. The van der Waals surface area contributed by atoms with Crippen LogP contribution in [-0.4, -0.2) is 19.9 Å². The van der Waals surface area contributed by atoms with E-state index in [1.165, 1.54) is 6.33 Å². The van der Waals surface area contributed by atoms with Gasteiger partial charge in [0, 0.05) is 0 Å². The fourth-order valence-corrected chi connectivity index (χ4v) is 0.940. The van der Waals surface area contributed by atoms with Gasteiger partial charge in [-0.2, -0.15) is 0 Å². The van der Waals surface area contributed by atoms with Gasteiger partial charge in [-0.15, -0.1) is 0 Å². The van der Waals surface area contributed by atoms with Crippen molar-refractivity contribution >= 4 is 23.8 Å². The topological polar surface area (TPSA) is 54.5 Å². The van der Waals surface area contributed by atoms with Crippen LogP contribution in [0.1, 0.15) is 0 Å². The third kappa shape index (κ3) is 1.84. The number of nitrogens with one attached hydrogen (secondary N) is 1. The molecule has 2 rings (SSSR count). The average molecular weight is 237 g/mol. The van der Waals surface area contributed by atoms with E-state index in [0.29, 0.717) is 10.7 Å². The summed E-state index contributed by atoms with van der Waals surface area (Å²) in [7, 11) is 0. The van der Waals surface area contributed by atoms with Crippen molar-refractivity contribution in [2.45, 2.75) is 5.03 Å². The Kier molecular flexibility index (Phi) is 3.51. The van der Waals surface area contributed by atoms with Crippen LogP contribution < -0.4 is 58.2 Å². The molecule has 0 bridgehead atoms. The summed E-state index contributed by atoms with van der Waals surface area (Å²) in [4.78, 5) is 14.4. The van der Waals surface area contributed by atoms with Gasteiger partial charge < -0.3 is 17.6 Å². The van der Waals surface area contributed by atoms with Gasteiger partial charge in [0.15, 0.2) is 5.65 Å². The Labute approximate surface area is 117 Å². The van der Waals surface area contributed by atoms with Gasteiger partial charge in [0.2, 0.25) is 0 Å². The molecule has 2 heterocycles. The zero-order valence-electron chi connectivity index (χ0n) is 5.90. The first-order valence-corrected chi connectivity index (χ1v) is 3.10. The minimum Gasteiger partial charge on any atom is -0.758 e. The van der Waals surface area contributed by atoms with Crippen molar-refractivity contribution in [2.24, 2.45) is 0 Å². The number of imidazole rings is 1. The SMILES string of the molecule is [Rb+].[S-]c1ncnc2nc[nH]c12. The van der Waals surface area contributed by atoms with E-state index >= 15 is 0 Å². The maximum atomic E-state index is 4.89. The molecule has 6 heteroatoms. The molecule has 0 aliphatic heterocycles. The van der Waals surface area contributed by atoms with Crippen molar-refractivity contribution in [3.05, 3.63) is 12.7 Å². The van der Waals surface area contributed by atoms with E-state index in [2.05, 4.69) is 19.9 Å². The summed E-state index contributed by atoms with van der Waals surface area (Å²) in [6.07, 6.45) is 2.96. The Morgan fingerprint density at radius 2 is 2.09 bits per heavy atom. The molecule has 1 N–H and O–H groups in total. The first-order chi connectivity index (χ1) is 4.88. The Morgan fingerprint density at radius 3 is 2.82 bits per heavy atom. The van der Waals surface area contributed by atoms with Crippen LogP contribution in [0.2, 0.25) is 0 Å². The Morgan fingerprint density at radius 1 is 1.27 bits per heavy atom. The van der Waals surface area contributed by atoms with Gasteiger partial charge in [-0.3, -0.25) is 4.98 Å². The Bertz CT molecular complexity index is 360. The van der Waals surface area contributed by atoms with E-state index in [0.717, 1.165) is 5.52 Å². The molecule has 0 saturated heterocycles. The second-order valence-electron chi connectivity index (χ2n) is 1.78. The largest absolute Gasteiger partial charge is 1.00 e. The standard InChI is InChI=1S/C5H4N4S.Rb/c10-5-3-4(7-1-6-3)8-2-9-5;/h1-2H,(H2,6,7,8,9,10);/q;+1/p-1. The van der Waals surface area contributed by atoms with E-state index in [-0.39, 0.29) is 58.2 Å². The molecule has 0 spiro atoms. The van der Waals surface area contributed by atoms with Gasteiger partial charge >= 0.3 is 58.2 Å². The monoisotopic (exact) mass is 236 g/mol. The molecule has 2 aromatic heterocycles. The van der Waals surface area contributed by atoms with Gasteiger partial charge in [0.05, 0.1) is 11.8 Å². The number of fused-ring (bicyclic) bond motifs is 1. The van der Waals surface area contributed by atoms with Gasteiger partial charge in [-0.25, -0.2) is 9.97 Å². The molecular weight excluding hydrogens is 234 g/mol. The van der Waals surface area contributed by atoms with Crippen LogP contribution in [0.4, 0.5) is 0 Å². The van der Waals surface area contributed by atoms with Crippen LogP contribution in [0.25, 0.3) is 11.2 Å². The predicted molar refractivity (Wildman–Crippen MR) is 37.3 cm³/mol. The minimum absolute atomic E-state index is 0. The van der Waals surface area contributed by atoms with Crippen LogP contribution in [0.5, 0.6) is 0 Å². The molecule has 0 aliphatic carbocycles. The first kappa shape index (κ1) is 9.66. The molecule has 0 amide bonds. The van der Waals surface area contributed by atoms with E-state index in [9.17, 15) is 0 Å². The number of aromatic nitrogens is 4. The zero-order chi connectivity index (χ0) is 6.97. The molecule has 0 aromatic carbocycles. The number of aromatic amines is 1. The number of nitrogens with zero attached hydrogens (tertiary/aromatic N) is 3. The molecule has 0 atom stereocenters. The molecule has 0 aliphatic rings. The van der Waals surface area contributed by atoms with Crippen LogP contribution >= 0.6 is 0 Å². The predicted octanol–water partition coefficient (Wildman–Crippen LogP) is -2.74. The van der Waals surface area contributed by atoms with E-state index in [4.69, 9.17) is 12.6 Å². The fraction of sp³-hybridized carbons (Fsp3) is 0. The van der Waals surface area contributed by atoms with Gasteiger partial charge in [0.1, 0.15) is 6.33 Å². The van der Waals surface area contributed by atoms with Gasteiger partial charge in [-0.1, -0.05) is 5.03 Å². The molecule has 0 fully saturated rings. The molecular formula is C5H3N4RbS. The van der Waals surface area contributed by atoms with E-state index < -0.39 is 0 Å². The average Bonchev–Trinajstić information content (AvgIpc) is 2.36. The molecule has 4 nitrogen and oxygen atoms in total. The van der Waals surface area contributed by atoms with Crippen LogP contribution in [0.15, 0.2) is 17.7 Å². The Balaban J connectivity index is 0.000000605. The van der Waals surface area contributed by atoms with Crippen molar-refractivity contribution in [2.75, 3.05) is 0 Å². The summed E-state index contributed by atoms with van der Waals surface area (Å²) >= 11 is 4.89. The third-order valence-corrected chi connectivity index (χ3v) is 1.50. The fourth-order valence-electron chi connectivity index (χ4n) is 0.743. The second-order valence-corrected chi connectivity index (χ2v) is 2.17. The molecule has 11 heavy (non-hydrogen) atoms. The normalized spacial score (nSPS) is 9.45. The van der Waals surface area contributed by atoms with Gasteiger partial charge in [0.25, 0.3) is 0 Å². The second kappa shape index (κ2) is 4.00. The smallest absolute Gasteiger partial charge is 0.758 e. The third-order valence-electron chi connectivity index (χ3n) is 1.19. The summed E-state index contributed by atoms with van der Waals surface area (Å²) in [5, 5.41) is 0.516. The van der Waals surface area contributed by atoms with Gasteiger partial charge in [-0.05, 0) is 0 Å². The van der Waals surface area contributed by atoms with Crippen molar-refractivity contribution in [3.8, 4) is 0 Å². The van der Waals surface area contributed by atoms with Crippen molar-refractivity contribution in [1.82, 2.24) is 19.9 Å². The van der Waals surface area contributed by atoms with Crippen molar-refractivity contribution < 1.29 is 58.2 Å². The van der Waals surface area contributed by atoms with Crippen molar-refractivity contribution in [1.29, 1.82) is 0 Å². The number of hydrogen-bond acceptors (Lipinski definition) is 4. The number of H-pyrrole nitrogens is 1. The Hall–Kier alpha value is 0.575. The van der Waals surface area contributed by atoms with Crippen LogP contribution in [0.3, 0.4) is 0 Å². The first-order valence-electron chi connectivity index (χ1n) is 2.69. The van der Waals surface area contributed by atoms with Crippen molar-refractivity contribution in [3.63, 3.8) is 0 Å². The summed E-state index contributed by atoms with van der Waals surface area (Å²) < 4.78 is 0. The summed E-state index contributed by atoms with van der Waals surface area (Å²) in [6, 6.07) is 0. The summed E-state index contributed by atoms with van der Waals surface area (Å²) in [5.74, 6) is 0. The zero-order valence-corrected chi connectivity index (χ0v) is 11.6. The van der Waals surface area contributed by atoms with Crippen LogP contribution in [0, 0.1) is 0 Å². The van der Waals surface area contributed by atoms with E-state index in [1.54, 1.807) is 6.33 Å². The molecule has 0 unspecified atom stereocenters. The van der Waals surface area contributed by atoms with E-state index in [1.807, 2.05) is 0 Å². The summed E-state index contributed by atoms with van der Waals surface area (Å²) in [6.45, 7) is 0.